The van der Waals surface area contributed by atoms with E-state index in [1.807, 2.05) is 39.8 Å². The zero-order valence-electron chi connectivity index (χ0n) is 17.5. The van der Waals surface area contributed by atoms with Crippen LogP contribution in [0.1, 0.15) is 33.5 Å². The summed E-state index contributed by atoms with van der Waals surface area (Å²) in [5.74, 6) is -1.02. The third-order valence-corrected chi connectivity index (χ3v) is 5.55. The monoisotopic (exact) mass is 418 g/mol. The van der Waals surface area contributed by atoms with Crippen molar-refractivity contribution in [2.24, 2.45) is 0 Å². The number of fused-ring (bicyclic) bond motifs is 2. The van der Waals surface area contributed by atoms with Crippen molar-refractivity contribution in [1.29, 1.82) is 0 Å². The summed E-state index contributed by atoms with van der Waals surface area (Å²) in [7, 11) is 0. The van der Waals surface area contributed by atoms with Crippen LogP contribution < -0.4 is 5.63 Å². The van der Waals surface area contributed by atoms with Crippen LogP contribution in [0, 0.1) is 0 Å². The van der Waals surface area contributed by atoms with Gasteiger partial charge in [-0.05, 0) is 45.2 Å². The largest absolute Gasteiger partial charge is 0.425 e. The van der Waals surface area contributed by atoms with Crippen LogP contribution in [0.25, 0.3) is 10.8 Å². The predicted octanol–water partition coefficient (Wildman–Crippen LogP) is 2.71. The summed E-state index contributed by atoms with van der Waals surface area (Å²) < 4.78 is 41.3. The normalized spacial score (nSPS) is 34.5. The Balaban J connectivity index is 1.33. The molecule has 3 aliphatic rings. The molecule has 0 saturated carbocycles. The first kappa shape index (κ1) is 20.1. The Morgan fingerprint density at radius 2 is 1.77 bits per heavy atom. The van der Waals surface area contributed by atoms with E-state index in [2.05, 4.69) is 0 Å². The summed E-state index contributed by atoms with van der Waals surface area (Å²) >= 11 is 0. The Labute approximate surface area is 173 Å². The van der Waals surface area contributed by atoms with Gasteiger partial charge in [-0.1, -0.05) is 18.2 Å². The molecule has 3 saturated heterocycles. The van der Waals surface area contributed by atoms with E-state index in [9.17, 15) is 4.79 Å². The van der Waals surface area contributed by atoms with Gasteiger partial charge in [0.25, 0.3) is 0 Å². The highest BCUT2D eigenvalue weighted by molar-refractivity contribution is 5.81. The summed E-state index contributed by atoms with van der Waals surface area (Å²) in [6, 6.07) is 9.07. The van der Waals surface area contributed by atoms with Crippen LogP contribution in [0.3, 0.4) is 0 Å². The topological polar surface area (TPSA) is 85.6 Å². The highest BCUT2D eigenvalue weighted by Gasteiger charge is 2.59. The van der Waals surface area contributed by atoms with Crippen molar-refractivity contribution in [2.75, 3.05) is 6.61 Å². The fraction of sp³-hybridized carbons (Fsp3) is 0.591. The Bertz CT molecular complexity index is 996. The van der Waals surface area contributed by atoms with Crippen molar-refractivity contribution in [1.82, 2.24) is 0 Å². The number of rotatable bonds is 4. The van der Waals surface area contributed by atoms with E-state index in [4.69, 9.17) is 32.8 Å². The van der Waals surface area contributed by atoms with Gasteiger partial charge >= 0.3 is 5.63 Å². The molecule has 5 atom stereocenters. The lowest BCUT2D eigenvalue weighted by molar-refractivity contribution is -0.250. The smallest absolute Gasteiger partial charge is 0.343 e. The lowest BCUT2D eigenvalue weighted by Crippen LogP contribution is -2.40. The first-order valence-corrected chi connectivity index (χ1v) is 10.2. The van der Waals surface area contributed by atoms with Crippen LogP contribution in [0.5, 0.6) is 0 Å². The molecule has 0 N–H and O–H groups in total. The van der Waals surface area contributed by atoms with E-state index < -0.39 is 35.7 Å². The Hall–Kier alpha value is -1.81. The standard InChI is InChI=1S/C22H26O8/c1-21(2)25-11-15(28-21)16-17-18(30-22(3,4)29-17)20(27-16)24-10-13-9-12-7-5-6-8-14(12)19(23)26-13/h5-9,15-18,20H,10-11H2,1-4H3/t15-,16+,17-,18-,20?/m0/s1. The van der Waals surface area contributed by atoms with Crippen molar-refractivity contribution in [3.05, 3.63) is 46.5 Å². The van der Waals surface area contributed by atoms with Crippen LogP contribution >= 0.6 is 0 Å². The van der Waals surface area contributed by atoms with E-state index in [1.54, 1.807) is 18.2 Å². The van der Waals surface area contributed by atoms with Gasteiger partial charge in [-0.15, -0.1) is 0 Å². The highest BCUT2D eigenvalue weighted by atomic mass is 16.8. The van der Waals surface area contributed by atoms with Crippen molar-refractivity contribution >= 4 is 10.8 Å². The fourth-order valence-electron chi connectivity index (χ4n) is 4.32. The maximum absolute atomic E-state index is 12.2. The molecule has 0 radical (unpaired) electrons. The molecule has 3 fully saturated rings. The predicted molar refractivity (Wildman–Crippen MR) is 105 cm³/mol. The van der Waals surface area contributed by atoms with Gasteiger partial charge < -0.3 is 32.8 Å². The molecule has 1 unspecified atom stereocenters. The number of benzene rings is 1. The second-order valence-corrected chi connectivity index (χ2v) is 8.80. The zero-order valence-corrected chi connectivity index (χ0v) is 17.5. The van der Waals surface area contributed by atoms with E-state index in [-0.39, 0.29) is 18.8 Å². The van der Waals surface area contributed by atoms with E-state index >= 15 is 0 Å². The van der Waals surface area contributed by atoms with Crippen LogP contribution in [-0.2, 0) is 35.0 Å². The van der Waals surface area contributed by atoms with E-state index in [0.717, 1.165) is 5.39 Å². The minimum atomic E-state index is -0.760. The molecule has 8 nitrogen and oxygen atoms in total. The summed E-state index contributed by atoms with van der Waals surface area (Å²) in [6.45, 7) is 7.92. The van der Waals surface area contributed by atoms with Crippen molar-refractivity contribution < 1.29 is 32.8 Å². The van der Waals surface area contributed by atoms with Crippen LogP contribution in [0.15, 0.2) is 39.5 Å². The minimum Gasteiger partial charge on any atom is -0.425 e. The zero-order chi connectivity index (χ0) is 21.1. The molecule has 3 aliphatic heterocycles. The lowest BCUT2D eigenvalue weighted by Gasteiger charge is -2.26. The van der Waals surface area contributed by atoms with Gasteiger partial charge in [-0.25, -0.2) is 4.79 Å². The lowest BCUT2D eigenvalue weighted by atomic mass is 10.1. The summed E-state index contributed by atoms with van der Waals surface area (Å²) in [6.07, 6.45) is -2.16. The Kier molecular flexibility index (Phi) is 4.77. The van der Waals surface area contributed by atoms with Gasteiger partial charge in [0, 0.05) is 0 Å². The molecule has 5 rings (SSSR count). The van der Waals surface area contributed by atoms with Crippen LogP contribution in [0.2, 0.25) is 0 Å². The summed E-state index contributed by atoms with van der Waals surface area (Å²) in [5, 5.41) is 1.34. The van der Waals surface area contributed by atoms with Crippen LogP contribution in [0.4, 0.5) is 0 Å². The molecule has 1 aromatic heterocycles. The molecule has 0 spiro atoms. The van der Waals surface area contributed by atoms with E-state index in [1.165, 1.54) is 0 Å². The van der Waals surface area contributed by atoms with Gasteiger partial charge in [0.2, 0.25) is 0 Å². The molecule has 30 heavy (non-hydrogen) atoms. The SMILES string of the molecule is CC1(C)OC[C@@H]([C@H]2OC(OCc3cc4ccccc4c(=O)o3)[C@H]3OC(C)(C)O[C@@H]23)O1. The van der Waals surface area contributed by atoms with Gasteiger partial charge in [0.15, 0.2) is 17.9 Å². The number of hydrogen-bond donors (Lipinski definition) is 0. The second kappa shape index (κ2) is 7.12. The minimum absolute atomic E-state index is 0.0674. The molecule has 0 aliphatic carbocycles. The van der Waals surface area contributed by atoms with Crippen molar-refractivity contribution in [2.45, 2.75) is 76.6 Å². The van der Waals surface area contributed by atoms with Gasteiger partial charge in [0.1, 0.15) is 36.8 Å². The molecule has 4 heterocycles. The number of ether oxygens (including phenoxy) is 6. The maximum Gasteiger partial charge on any atom is 0.343 e. The van der Waals surface area contributed by atoms with E-state index in [0.29, 0.717) is 17.8 Å². The molecule has 2 aromatic rings. The fourth-order valence-corrected chi connectivity index (χ4v) is 4.32. The average Bonchev–Trinajstić information content (AvgIpc) is 3.30. The quantitative estimate of drug-likeness (QED) is 0.749. The first-order chi connectivity index (χ1) is 14.2. The molecule has 0 amide bonds. The molecule has 0 bridgehead atoms. The molecule has 1 aromatic carbocycles. The molecular formula is C22H26O8. The summed E-state index contributed by atoms with van der Waals surface area (Å²) in [4.78, 5) is 12.2. The highest BCUT2D eigenvalue weighted by Crippen LogP contribution is 2.42. The second-order valence-electron chi connectivity index (χ2n) is 8.80. The molecular weight excluding hydrogens is 392 g/mol. The van der Waals surface area contributed by atoms with Crippen LogP contribution in [-0.4, -0.2) is 48.9 Å². The molecule has 8 heteroatoms. The molecule has 162 valence electrons. The Morgan fingerprint density at radius 1 is 1.00 bits per heavy atom. The first-order valence-electron chi connectivity index (χ1n) is 10.2. The van der Waals surface area contributed by atoms with Crippen molar-refractivity contribution in [3.8, 4) is 0 Å². The number of hydrogen-bond acceptors (Lipinski definition) is 8. The summed E-state index contributed by atoms with van der Waals surface area (Å²) in [5.41, 5.74) is -0.393. The third-order valence-electron chi connectivity index (χ3n) is 5.55. The van der Waals surface area contributed by atoms with Gasteiger partial charge in [-0.3, -0.25) is 0 Å². The third kappa shape index (κ3) is 3.68. The average molecular weight is 418 g/mol. The van der Waals surface area contributed by atoms with Gasteiger partial charge in [0.05, 0.1) is 12.0 Å². The van der Waals surface area contributed by atoms with Gasteiger partial charge in [-0.2, -0.15) is 0 Å². The maximum atomic E-state index is 12.2. The van der Waals surface area contributed by atoms with Crippen molar-refractivity contribution in [3.63, 3.8) is 0 Å². The Morgan fingerprint density at radius 3 is 2.53 bits per heavy atom.